The summed E-state index contributed by atoms with van der Waals surface area (Å²) in [6.07, 6.45) is 81.9. The highest BCUT2D eigenvalue weighted by molar-refractivity contribution is 5.70. The maximum Gasteiger partial charge on any atom is 0.306 e. The van der Waals surface area contributed by atoms with Gasteiger partial charge in [0.25, 0.3) is 0 Å². The lowest BCUT2D eigenvalue weighted by Gasteiger charge is -2.18. The van der Waals surface area contributed by atoms with Gasteiger partial charge < -0.3 is 14.2 Å². The van der Waals surface area contributed by atoms with Gasteiger partial charge in [0, 0.05) is 19.4 Å². The van der Waals surface area contributed by atoms with Gasteiger partial charge >= 0.3 is 11.9 Å². The first-order chi connectivity index (χ1) is 36.6. The van der Waals surface area contributed by atoms with Crippen molar-refractivity contribution in [1.82, 2.24) is 0 Å². The Morgan fingerprint density at radius 2 is 0.568 bits per heavy atom. The Morgan fingerprint density at radius 3 is 0.932 bits per heavy atom. The molecule has 0 radical (unpaired) electrons. The fourth-order valence-corrected chi connectivity index (χ4v) is 10.2. The summed E-state index contributed by atoms with van der Waals surface area (Å²) < 4.78 is 17.6. The van der Waals surface area contributed by atoms with Crippen LogP contribution >= 0.6 is 0 Å². The number of carbonyl (C=O) groups is 2. The normalized spacial score (nSPS) is 12.3. The number of esters is 2. The minimum Gasteiger partial charge on any atom is -0.462 e. The summed E-state index contributed by atoms with van der Waals surface area (Å²) in [5.74, 6) is -0.384. The number of hydrogen-bond acceptors (Lipinski definition) is 5. The van der Waals surface area contributed by atoms with Crippen molar-refractivity contribution in [3.8, 4) is 0 Å². The van der Waals surface area contributed by atoms with Gasteiger partial charge in [0.2, 0.25) is 0 Å². The Bertz CT molecular complexity index is 1170. The minimum atomic E-state index is -0.538. The largest absolute Gasteiger partial charge is 0.462 e. The molecule has 0 heterocycles. The molecule has 0 aliphatic carbocycles. The van der Waals surface area contributed by atoms with E-state index < -0.39 is 6.10 Å². The summed E-state index contributed by atoms with van der Waals surface area (Å²) in [4.78, 5) is 25.7. The summed E-state index contributed by atoms with van der Waals surface area (Å²) in [6, 6.07) is 0. The molecule has 0 spiro atoms. The van der Waals surface area contributed by atoms with Crippen LogP contribution in [0.15, 0.2) is 36.5 Å². The van der Waals surface area contributed by atoms with Crippen molar-refractivity contribution < 1.29 is 23.8 Å². The summed E-state index contributed by atoms with van der Waals surface area (Å²) in [6.45, 7) is 7.88. The third kappa shape index (κ3) is 62.7. The summed E-state index contributed by atoms with van der Waals surface area (Å²) >= 11 is 0. The molecule has 0 aliphatic rings. The topological polar surface area (TPSA) is 61.8 Å². The van der Waals surface area contributed by atoms with E-state index in [1.807, 2.05) is 0 Å². The smallest absolute Gasteiger partial charge is 0.306 e. The van der Waals surface area contributed by atoms with Crippen LogP contribution in [0.1, 0.15) is 367 Å². The van der Waals surface area contributed by atoms with Gasteiger partial charge in [-0.15, -0.1) is 0 Å². The average molecular weight is 1040 g/mol. The first-order valence-electron chi connectivity index (χ1n) is 33.5. The lowest BCUT2D eigenvalue weighted by Crippen LogP contribution is -2.30. The van der Waals surface area contributed by atoms with Crippen LogP contribution in [0.3, 0.4) is 0 Å². The Morgan fingerprint density at radius 1 is 0.297 bits per heavy atom. The zero-order valence-corrected chi connectivity index (χ0v) is 50.4. The summed E-state index contributed by atoms with van der Waals surface area (Å²) in [7, 11) is 0. The predicted molar refractivity (Wildman–Crippen MR) is 325 cm³/mol. The molecule has 0 bridgehead atoms. The van der Waals surface area contributed by atoms with Gasteiger partial charge in [-0.2, -0.15) is 0 Å². The fourth-order valence-electron chi connectivity index (χ4n) is 10.2. The third-order valence-electron chi connectivity index (χ3n) is 15.2. The molecule has 0 amide bonds. The molecule has 1 atom stereocenters. The van der Waals surface area contributed by atoms with Crippen LogP contribution in [-0.2, 0) is 23.8 Å². The Kier molecular flexibility index (Phi) is 63.7. The SMILES string of the molecule is CCCCC/C=C\C/C=C\C/C=C\CCCCCCCCC(=O)OCC(COCCCCCCCCCCCCCCCCCCCCCC)OC(=O)CCCCCCCCCCCCCCCCCCCCC. The number of unbranched alkanes of at least 4 members (excludes halogenated alkanes) is 46. The zero-order chi connectivity index (χ0) is 53.4. The van der Waals surface area contributed by atoms with Crippen molar-refractivity contribution in [3.63, 3.8) is 0 Å². The molecule has 5 heteroatoms. The van der Waals surface area contributed by atoms with E-state index in [9.17, 15) is 9.59 Å². The molecule has 0 aliphatic heterocycles. The van der Waals surface area contributed by atoms with Crippen LogP contribution in [0.25, 0.3) is 0 Å². The fraction of sp³-hybridized carbons (Fsp3) is 0.884. The number of allylic oxidation sites excluding steroid dienone is 6. The Labute approximate surface area is 463 Å². The molecule has 74 heavy (non-hydrogen) atoms. The van der Waals surface area contributed by atoms with Crippen molar-refractivity contribution in [2.24, 2.45) is 0 Å². The van der Waals surface area contributed by atoms with Crippen LogP contribution in [0, 0.1) is 0 Å². The average Bonchev–Trinajstić information content (AvgIpc) is 3.40. The number of ether oxygens (including phenoxy) is 3. The highest BCUT2D eigenvalue weighted by Gasteiger charge is 2.18. The number of carbonyl (C=O) groups excluding carboxylic acids is 2. The quantitative estimate of drug-likeness (QED) is 0.0345. The van der Waals surface area contributed by atoms with Crippen LogP contribution in [0.5, 0.6) is 0 Å². The minimum absolute atomic E-state index is 0.0858. The van der Waals surface area contributed by atoms with Crippen molar-refractivity contribution >= 4 is 11.9 Å². The molecule has 1 unspecified atom stereocenters. The number of hydrogen-bond donors (Lipinski definition) is 0. The molecule has 0 aromatic heterocycles. The molecule has 0 aromatic rings. The second-order valence-corrected chi connectivity index (χ2v) is 22.7. The van der Waals surface area contributed by atoms with Gasteiger partial charge in [-0.3, -0.25) is 9.59 Å². The molecule has 0 N–H and O–H groups in total. The first kappa shape index (κ1) is 72.1. The maximum atomic E-state index is 12.9. The van der Waals surface area contributed by atoms with Gasteiger partial charge in [0.1, 0.15) is 6.61 Å². The monoisotopic (exact) mass is 1040 g/mol. The second-order valence-electron chi connectivity index (χ2n) is 22.7. The van der Waals surface area contributed by atoms with E-state index in [4.69, 9.17) is 14.2 Å². The van der Waals surface area contributed by atoms with Gasteiger partial charge in [0.15, 0.2) is 6.10 Å². The molecule has 0 saturated heterocycles. The van der Waals surface area contributed by atoms with Crippen LogP contribution in [-0.4, -0.2) is 37.9 Å². The van der Waals surface area contributed by atoms with E-state index in [2.05, 4.69) is 57.2 Å². The second kappa shape index (κ2) is 65.4. The molecule has 436 valence electrons. The number of rotatable bonds is 63. The van der Waals surface area contributed by atoms with Crippen LogP contribution in [0.4, 0.5) is 0 Å². The van der Waals surface area contributed by atoms with Crippen molar-refractivity contribution in [1.29, 1.82) is 0 Å². The van der Waals surface area contributed by atoms with Gasteiger partial charge in [-0.25, -0.2) is 0 Å². The van der Waals surface area contributed by atoms with Crippen LogP contribution < -0.4 is 0 Å². The van der Waals surface area contributed by atoms with E-state index in [0.29, 0.717) is 26.1 Å². The Balaban J connectivity index is 4.24. The third-order valence-corrected chi connectivity index (χ3v) is 15.2. The van der Waals surface area contributed by atoms with E-state index in [1.54, 1.807) is 0 Å². The van der Waals surface area contributed by atoms with Crippen LogP contribution in [0.2, 0.25) is 0 Å². The van der Waals surface area contributed by atoms with E-state index in [-0.39, 0.29) is 18.5 Å². The predicted octanol–water partition coefficient (Wildman–Crippen LogP) is 23.3. The molecule has 0 rings (SSSR count). The molecule has 0 aromatic carbocycles. The molecule has 0 saturated carbocycles. The standard InChI is InChI=1S/C69H130O5/c1-4-7-10-13-16-19-22-25-28-31-34-37-40-43-46-49-52-55-58-61-64-72-65-67(74-69(71)63-60-57-54-51-48-45-42-39-36-33-30-27-24-21-18-15-12-9-6-3)66-73-68(70)62-59-56-53-50-47-44-41-38-35-32-29-26-23-20-17-14-11-8-5-2/h17,20,26,29,35,38,67H,4-16,18-19,21-25,27-28,30-34,36-37,39-66H2,1-3H3/b20-17-,29-26-,38-35-. The lowest BCUT2D eigenvalue weighted by atomic mass is 10.0. The highest BCUT2D eigenvalue weighted by atomic mass is 16.6. The van der Waals surface area contributed by atoms with Gasteiger partial charge in [0.05, 0.1) is 6.61 Å². The molecule has 5 nitrogen and oxygen atoms in total. The van der Waals surface area contributed by atoms with E-state index in [0.717, 1.165) is 57.8 Å². The maximum absolute atomic E-state index is 12.9. The highest BCUT2D eigenvalue weighted by Crippen LogP contribution is 2.18. The van der Waals surface area contributed by atoms with E-state index >= 15 is 0 Å². The zero-order valence-electron chi connectivity index (χ0n) is 50.4. The van der Waals surface area contributed by atoms with Gasteiger partial charge in [-0.05, 0) is 57.8 Å². The first-order valence-corrected chi connectivity index (χ1v) is 33.5. The molecular formula is C69H130O5. The van der Waals surface area contributed by atoms with Crippen molar-refractivity contribution in [2.75, 3.05) is 19.8 Å². The van der Waals surface area contributed by atoms with Crippen molar-refractivity contribution in [3.05, 3.63) is 36.5 Å². The summed E-state index contributed by atoms with van der Waals surface area (Å²) in [5.41, 5.74) is 0. The Hall–Kier alpha value is -1.88. The molecule has 0 fully saturated rings. The molecular weight excluding hydrogens is 909 g/mol. The van der Waals surface area contributed by atoms with Gasteiger partial charge in [-0.1, -0.05) is 333 Å². The summed E-state index contributed by atoms with van der Waals surface area (Å²) in [5, 5.41) is 0. The van der Waals surface area contributed by atoms with Crippen molar-refractivity contribution in [2.45, 2.75) is 374 Å². The lowest BCUT2D eigenvalue weighted by molar-refractivity contribution is -0.163. The van der Waals surface area contributed by atoms with E-state index in [1.165, 1.54) is 276 Å².